The van der Waals surface area contributed by atoms with Crippen LogP contribution < -0.4 is 10.2 Å². The highest BCUT2D eigenvalue weighted by Gasteiger charge is 2.38. The zero-order chi connectivity index (χ0) is 15.4. The van der Waals surface area contributed by atoms with Crippen LogP contribution in [-0.4, -0.2) is 30.1 Å². The summed E-state index contributed by atoms with van der Waals surface area (Å²) < 4.78 is 5.01. The number of para-hydroxylation sites is 1. The van der Waals surface area contributed by atoms with Gasteiger partial charge in [0.25, 0.3) is 5.91 Å². The second kappa shape index (κ2) is 6.39. The van der Waals surface area contributed by atoms with Crippen LogP contribution in [0.15, 0.2) is 30.3 Å². The van der Waals surface area contributed by atoms with Crippen molar-refractivity contribution in [2.75, 3.05) is 4.90 Å². The largest absolute Gasteiger partial charge is 0.463 e. The number of esters is 1. The lowest BCUT2D eigenvalue weighted by Gasteiger charge is -2.13. The average Bonchev–Trinajstić information content (AvgIpc) is 2.71. The molecule has 0 bridgehead atoms. The number of hydrogen-bond acceptors (Lipinski definition) is 4. The second-order valence-electron chi connectivity index (χ2n) is 5.09. The van der Waals surface area contributed by atoms with E-state index in [4.69, 9.17) is 4.74 Å². The van der Waals surface area contributed by atoms with Crippen LogP contribution >= 0.6 is 0 Å². The summed E-state index contributed by atoms with van der Waals surface area (Å²) in [5, 5.41) is 2.59. The maximum absolute atomic E-state index is 12.2. The van der Waals surface area contributed by atoms with Crippen molar-refractivity contribution in [1.82, 2.24) is 5.32 Å². The van der Waals surface area contributed by atoms with Crippen molar-refractivity contribution in [3.8, 4) is 0 Å². The third-order valence-electron chi connectivity index (χ3n) is 3.04. The van der Waals surface area contributed by atoms with Gasteiger partial charge in [-0.15, -0.1) is 0 Å². The Morgan fingerprint density at radius 2 is 1.95 bits per heavy atom. The van der Waals surface area contributed by atoms with Gasteiger partial charge in [-0.25, -0.2) is 9.69 Å². The standard InChI is InChI=1S/C15H18N2O4/c1-10(2)21-13(18)9-8-12-14(19)17(15(20)16-12)11-6-4-3-5-7-11/h3-7,10,12H,8-9H2,1-2H3,(H,16,20). The molecule has 1 atom stereocenters. The fourth-order valence-corrected chi connectivity index (χ4v) is 2.13. The molecule has 112 valence electrons. The van der Waals surface area contributed by atoms with Crippen molar-refractivity contribution in [2.24, 2.45) is 0 Å². The summed E-state index contributed by atoms with van der Waals surface area (Å²) in [6.07, 6.45) is 0.143. The molecule has 0 spiro atoms. The Balaban J connectivity index is 1.97. The van der Waals surface area contributed by atoms with E-state index in [9.17, 15) is 14.4 Å². The van der Waals surface area contributed by atoms with Crippen LogP contribution in [0.25, 0.3) is 0 Å². The molecule has 2 rings (SSSR count). The molecule has 6 nitrogen and oxygen atoms in total. The number of anilines is 1. The molecule has 1 fully saturated rings. The smallest absolute Gasteiger partial charge is 0.329 e. The molecule has 1 aliphatic rings. The Bertz CT molecular complexity index is 542. The number of carbonyl (C=O) groups excluding carboxylic acids is 3. The Kier molecular flexibility index (Phi) is 4.57. The van der Waals surface area contributed by atoms with E-state index in [1.54, 1.807) is 44.2 Å². The van der Waals surface area contributed by atoms with Gasteiger partial charge in [0.05, 0.1) is 11.8 Å². The number of nitrogens with zero attached hydrogens (tertiary/aromatic N) is 1. The number of hydrogen-bond donors (Lipinski definition) is 1. The number of carbonyl (C=O) groups is 3. The van der Waals surface area contributed by atoms with Crippen molar-refractivity contribution in [3.05, 3.63) is 30.3 Å². The molecule has 1 unspecified atom stereocenters. The molecule has 1 N–H and O–H groups in total. The van der Waals surface area contributed by atoms with E-state index in [1.807, 2.05) is 0 Å². The zero-order valence-corrected chi connectivity index (χ0v) is 12.0. The van der Waals surface area contributed by atoms with Crippen molar-refractivity contribution in [2.45, 2.75) is 38.8 Å². The van der Waals surface area contributed by atoms with Crippen molar-refractivity contribution < 1.29 is 19.1 Å². The SMILES string of the molecule is CC(C)OC(=O)CCC1NC(=O)N(c2ccccc2)C1=O. The van der Waals surface area contributed by atoms with Gasteiger partial charge in [-0.05, 0) is 32.4 Å². The fourth-order valence-electron chi connectivity index (χ4n) is 2.13. The monoisotopic (exact) mass is 290 g/mol. The Labute approximate surface area is 123 Å². The van der Waals surface area contributed by atoms with E-state index < -0.39 is 12.1 Å². The number of rotatable bonds is 5. The van der Waals surface area contributed by atoms with Crippen LogP contribution in [0, 0.1) is 0 Å². The fraction of sp³-hybridized carbons (Fsp3) is 0.400. The molecule has 1 heterocycles. The van der Waals surface area contributed by atoms with Gasteiger partial charge in [0.15, 0.2) is 0 Å². The highest BCUT2D eigenvalue weighted by atomic mass is 16.5. The van der Waals surface area contributed by atoms with Gasteiger partial charge in [0.1, 0.15) is 6.04 Å². The molecule has 1 aliphatic heterocycles. The minimum Gasteiger partial charge on any atom is -0.463 e. The molecule has 0 aromatic heterocycles. The normalized spacial score (nSPS) is 18.0. The van der Waals surface area contributed by atoms with Crippen LogP contribution in [0.1, 0.15) is 26.7 Å². The first-order valence-corrected chi connectivity index (χ1v) is 6.88. The predicted molar refractivity (Wildman–Crippen MR) is 76.7 cm³/mol. The van der Waals surface area contributed by atoms with E-state index in [2.05, 4.69) is 5.32 Å². The average molecular weight is 290 g/mol. The highest BCUT2D eigenvalue weighted by molar-refractivity contribution is 6.21. The number of imide groups is 1. The van der Waals surface area contributed by atoms with Gasteiger partial charge in [-0.1, -0.05) is 18.2 Å². The lowest BCUT2D eigenvalue weighted by Crippen LogP contribution is -2.31. The van der Waals surface area contributed by atoms with Crippen LogP contribution in [-0.2, 0) is 14.3 Å². The summed E-state index contributed by atoms with van der Waals surface area (Å²) >= 11 is 0. The van der Waals surface area contributed by atoms with E-state index in [0.717, 1.165) is 4.90 Å². The highest BCUT2D eigenvalue weighted by Crippen LogP contribution is 2.20. The van der Waals surface area contributed by atoms with Crippen molar-refractivity contribution in [1.29, 1.82) is 0 Å². The van der Waals surface area contributed by atoms with Gasteiger partial charge < -0.3 is 10.1 Å². The summed E-state index contributed by atoms with van der Waals surface area (Å²) in [6, 6.07) is 7.54. The summed E-state index contributed by atoms with van der Waals surface area (Å²) in [4.78, 5) is 36.7. The van der Waals surface area contributed by atoms with Crippen molar-refractivity contribution >= 4 is 23.6 Å². The quantitative estimate of drug-likeness (QED) is 0.663. The zero-order valence-electron chi connectivity index (χ0n) is 12.0. The maximum atomic E-state index is 12.2. The second-order valence-corrected chi connectivity index (χ2v) is 5.09. The maximum Gasteiger partial charge on any atom is 0.329 e. The molecule has 21 heavy (non-hydrogen) atoms. The minimum absolute atomic E-state index is 0.0947. The van der Waals surface area contributed by atoms with E-state index >= 15 is 0 Å². The summed E-state index contributed by atoms with van der Waals surface area (Å²) in [6.45, 7) is 3.52. The van der Waals surface area contributed by atoms with Crippen molar-refractivity contribution in [3.63, 3.8) is 0 Å². The molecular weight excluding hydrogens is 272 g/mol. The molecule has 6 heteroatoms. The van der Waals surface area contributed by atoms with Crippen LogP contribution in [0.2, 0.25) is 0 Å². The van der Waals surface area contributed by atoms with Gasteiger partial charge in [-0.3, -0.25) is 9.59 Å². The van der Waals surface area contributed by atoms with Crippen LogP contribution in [0.5, 0.6) is 0 Å². The van der Waals surface area contributed by atoms with E-state index in [-0.39, 0.29) is 30.8 Å². The first-order chi connectivity index (χ1) is 9.99. The van der Waals surface area contributed by atoms with Crippen LogP contribution in [0.4, 0.5) is 10.5 Å². The number of benzene rings is 1. The van der Waals surface area contributed by atoms with Gasteiger partial charge in [-0.2, -0.15) is 0 Å². The third-order valence-corrected chi connectivity index (χ3v) is 3.04. The first-order valence-electron chi connectivity index (χ1n) is 6.88. The summed E-state index contributed by atoms with van der Waals surface area (Å²) in [5.41, 5.74) is 0.521. The molecule has 1 aromatic carbocycles. The topological polar surface area (TPSA) is 75.7 Å². The van der Waals surface area contributed by atoms with E-state index in [1.165, 1.54) is 0 Å². The van der Waals surface area contributed by atoms with Gasteiger partial charge >= 0.3 is 12.0 Å². The number of ether oxygens (including phenoxy) is 1. The first kappa shape index (κ1) is 15.0. The number of amides is 3. The lowest BCUT2D eigenvalue weighted by atomic mass is 10.1. The van der Waals surface area contributed by atoms with E-state index in [0.29, 0.717) is 5.69 Å². The van der Waals surface area contributed by atoms with Gasteiger partial charge in [0, 0.05) is 6.42 Å². The Hall–Kier alpha value is -2.37. The minimum atomic E-state index is -0.683. The summed E-state index contributed by atoms with van der Waals surface area (Å²) in [7, 11) is 0. The molecule has 1 saturated heterocycles. The number of urea groups is 1. The molecule has 1 aromatic rings. The van der Waals surface area contributed by atoms with Gasteiger partial charge in [0.2, 0.25) is 0 Å². The molecule has 3 amide bonds. The Morgan fingerprint density at radius 1 is 1.29 bits per heavy atom. The molecule has 0 saturated carbocycles. The summed E-state index contributed by atoms with van der Waals surface area (Å²) in [5.74, 6) is -0.714. The molecular formula is C15H18N2O4. The molecule has 0 aliphatic carbocycles. The molecule has 0 radical (unpaired) electrons. The predicted octanol–water partition coefficient (Wildman–Crippen LogP) is 1.84. The third kappa shape index (κ3) is 3.59. The number of nitrogens with one attached hydrogen (secondary N) is 1. The lowest BCUT2D eigenvalue weighted by molar-refractivity contribution is -0.147. The van der Waals surface area contributed by atoms with Crippen LogP contribution in [0.3, 0.4) is 0 Å². The Morgan fingerprint density at radius 3 is 2.57 bits per heavy atom.